The van der Waals surface area contributed by atoms with Crippen LogP contribution >= 0.6 is 0 Å². The predicted octanol–water partition coefficient (Wildman–Crippen LogP) is 3.54. The van der Waals surface area contributed by atoms with E-state index in [-0.39, 0.29) is 17.8 Å². The van der Waals surface area contributed by atoms with E-state index in [1.54, 1.807) is 23.1 Å². The summed E-state index contributed by atoms with van der Waals surface area (Å²) in [5.74, 6) is 0.724. The minimum Gasteiger partial charge on any atom is -0.508 e. The van der Waals surface area contributed by atoms with Gasteiger partial charge in [-0.3, -0.25) is 4.79 Å². The van der Waals surface area contributed by atoms with Crippen LogP contribution in [0.3, 0.4) is 0 Å². The lowest BCUT2D eigenvalue weighted by Crippen LogP contribution is -2.46. The SMILES string of the molecule is CCOc1ccc(O)c([C@H]2Nc3ccccc3C(=O)N2C[C@@H]2CCCO2)c1. The molecule has 4 rings (SSSR count). The largest absolute Gasteiger partial charge is 0.508 e. The first-order chi connectivity index (χ1) is 13.2. The molecule has 2 aliphatic heterocycles. The number of hydrogen-bond donors (Lipinski definition) is 2. The molecule has 2 heterocycles. The number of carbonyl (C=O) groups excluding carboxylic acids is 1. The maximum Gasteiger partial charge on any atom is 0.257 e. The monoisotopic (exact) mass is 368 g/mol. The lowest BCUT2D eigenvalue weighted by Gasteiger charge is -2.39. The van der Waals surface area contributed by atoms with Crippen LogP contribution in [0.5, 0.6) is 11.5 Å². The van der Waals surface area contributed by atoms with Crippen LogP contribution < -0.4 is 10.1 Å². The molecule has 2 aromatic rings. The van der Waals surface area contributed by atoms with E-state index in [4.69, 9.17) is 9.47 Å². The summed E-state index contributed by atoms with van der Waals surface area (Å²) < 4.78 is 11.4. The van der Waals surface area contributed by atoms with Crippen LogP contribution in [-0.4, -0.2) is 41.8 Å². The number of nitrogens with one attached hydrogen (secondary N) is 1. The van der Waals surface area contributed by atoms with E-state index in [2.05, 4.69) is 5.32 Å². The lowest BCUT2D eigenvalue weighted by atomic mass is 10.0. The van der Waals surface area contributed by atoms with Crippen LogP contribution in [0.15, 0.2) is 42.5 Å². The van der Waals surface area contributed by atoms with Crippen molar-refractivity contribution < 1.29 is 19.4 Å². The number of nitrogens with zero attached hydrogens (tertiary/aromatic N) is 1. The molecule has 2 atom stereocenters. The van der Waals surface area contributed by atoms with E-state index < -0.39 is 6.17 Å². The van der Waals surface area contributed by atoms with Crippen molar-refractivity contribution in [1.82, 2.24) is 4.90 Å². The highest BCUT2D eigenvalue weighted by Gasteiger charge is 2.36. The highest BCUT2D eigenvalue weighted by Crippen LogP contribution is 2.38. The van der Waals surface area contributed by atoms with E-state index in [9.17, 15) is 9.90 Å². The number of carbonyl (C=O) groups is 1. The third-order valence-corrected chi connectivity index (χ3v) is 5.05. The van der Waals surface area contributed by atoms with E-state index in [1.807, 2.05) is 31.2 Å². The third-order valence-electron chi connectivity index (χ3n) is 5.05. The topological polar surface area (TPSA) is 71.0 Å². The van der Waals surface area contributed by atoms with Gasteiger partial charge in [0.15, 0.2) is 0 Å². The highest BCUT2D eigenvalue weighted by molar-refractivity contribution is 6.01. The third kappa shape index (κ3) is 3.45. The van der Waals surface area contributed by atoms with Crippen LogP contribution in [0, 0.1) is 0 Å². The maximum absolute atomic E-state index is 13.2. The molecule has 0 unspecified atom stereocenters. The summed E-state index contributed by atoms with van der Waals surface area (Å²) in [6, 6.07) is 12.6. The number of amides is 1. The van der Waals surface area contributed by atoms with Gasteiger partial charge in [0.1, 0.15) is 17.7 Å². The average molecular weight is 368 g/mol. The molecular weight excluding hydrogens is 344 g/mol. The Kier molecular flexibility index (Phi) is 4.90. The highest BCUT2D eigenvalue weighted by atomic mass is 16.5. The summed E-state index contributed by atoms with van der Waals surface area (Å²) in [5, 5.41) is 13.9. The molecule has 0 saturated carbocycles. The van der Waals surface area contributed by atoms with Crippen LogP contribution in [0.1, 0.15) is 41.9 Å². The van der Waals surface area contributed by atoms with Gasteiger partial charge in [-0.2, -0.15) is 0 Å². The molecule has 0 radical (unpaired) electrons. The van der Waals surface area contributed by atoms with E-state index >= 15 is 0 Å². The number of phenolic OH excluding ortho intramolecular Hbond substituents is 1. The molecule has 0 bridgehead atoms. The standard InChI is InChI=1S/C21H24N2O4/c1-2-26-14-9-10-19(24)17(12-14)20-22-18-8-4-3-7-16(18)21(25)23(20)13-15-6-5-11-27-15/h3-4,7-10,12,15,20,22,24H,2,5-6,11,13H2,1H3/t15-,20-/m0/s1. The minimum atomic E-state index is -0.489. The van der Waals surface area contributed by atoms with Gasteiger partial charge >= 0.3 is 0 Å². The summed E-state index contributed by atoms with van der Waals surface area (Å²) in [4.78, 5) is 15.0. The van der Waals surface area contributed by atoms with Gasteiger partial charge in [0.05, 0.1) is 18.3 Å². The molecule has 2 aromatic carbocycles. The van der Waals surface area contributed by atoms with Crippen molar-refractivity contribution in [3.63, 3.8) is 0 Å². The smallest absolute Gasteiger partial charge is 0.257 e. The molecule has 1 amide bonds. The molecule has 142 valence electrons. The van der Waals surface area contributed by atoms with Gasteiger partial charge in [-0.25, -0.2) is 0 Å². The first kappa shape index (κ1) is 17.7. The Morgan fingerprint density at radius 3 is 2.93 bits per heavy atom. The van der Waals surface area contributed by atoms with Crippen molar-refractivity contribution in [2.75, 3.05) is 25.1 Å². The Morgan fingerprint density at radius 1 is 1.30 bits per heavy atom. The minimum absolute atomic E-state index is 0.0146. The number of anilines is 1. The summed E-state index contributed by atoms with van der Waals surface area (Å²) >= 11 is 0. The van der Waals surface area contributed by atoms with Crippen LogP contribution in [0.2, 0.25) is 0 Å². The molecule has 0 aliphatic carbocycles. The van der Waals surface area contributed by atoms with Gasteiger partial charge in [-0.15, -0.1) is 0 Å². The fourth-order valence-electron chi connectivity index (χ4n) is 3.74. The Labute approximate surface area is 158 Å². The van der Waals surface area contributed by atoms with Crippen LogP contribution in [-0.2, 0) is 4.74 Å². The quantitative estimate of drug-likeness (QED) is 0.845. The number of fused-ring (bicyclic) bond motifs is 1. The zero-order valence-electron chi connectivity index (χ0n) is 15.4. The Hall–Kier alpha value is -2.73. The number of aromatic hydroxyl groups is 1. The number of rotatable bonds is 5. The van der Waals surface area contributed by atoms with E-state index in [1.165, 1.54) is 0 Å². The van der Waals surface area contributed by atoms with Crippen molar-refractivity contribution in [3.8, 4) is 11.5 Å². The second-order valence-electron chi connectivity index (χ2n) is 6.84. The van der Waals surface area contributed by atoms with Gasteiger partial charge in [0.25, 0.3) is 5.91 Å². The van der Waals surface area contributed by atoms with E-state index in [0.29, 0.717) is 30.0 Å². The number of para-hydroxylation sites is 1. The van der Waals surface area contributed by atoms with Gasteiger partial charge in [0, 0.05) is 24.4 Å². The Bertz CT molecular complexity index is 833. The number of benzene rings is 2. The molecule has 27 heavy (non-hydrogen) atoms. The average Bonchev–Trinajstić information content (AvgIpc) is 3.19. The zero-order chi connectivity index (χ0) is 18.8. The summed E-state index contributed by atoms with van der Waals surface area (Å²) in [7, 11) is 0. The van der Waals surface area contributed by atoms with Gasteiger partial charge < -0.3 is 24.8 Å². The normalized spacial score (nSPS) is 21.7. The Morgan fingerprint density at radius 2 is 2.15 bits per heavy atom. The Balaban J connectivity index is 1.73. The summed E-state index contributed by atoms with van der Waals surface area (Å²) in [5.41, 5.74) is 2.01. The maximum atomic E-state index is 13.2. The zero-order valence-corrected chi connectivity index (χ0v) is 15.4. The van der Waals surface area contributed by atoms with Gasteiger partial charge in [-0.05, 0) is 50.1 Å². The first-order valence-corrected chi connectivity index (χ1v) is 9.41. The van der Waals surface area contributed by atoms with Crippen LogP contribution in [0.4, 0.5) is 5.69 Å². The van der Waals surface area contributed by atoms with Crippen molar-refractivity contribution in [2.45, 2.75) is 32.0 Å². The molecule has 1 fully saturated rings. The van der Waals surface area contributed by atoms with E-state index in [0.717, 1.165) is 25.1 Å². The molecule has 2 N–H and O–H groups in total. The number of ether oxygens (including phenoxy) is 2. The molecule has 1 saturated heterocycles. The van der Waals surface area contributed by atoms with Crippen molar-refractivity contribution in [1.29, 1.82) is 0 Å². The van der Waals surface area contributed by atoms with Crippen molar-refractivity contribution >= 4 is 11.6 Å². The first-order valence-electron chi connectivity index (χ1n) is 9.41. The summed E-state index contributed by atoms with van der Waals surface area (Å²) in [6.45, 7) is 3.65. The lowest BCUT2D eigenvalue weighted by molar-refractivity contribution is 0.0424. The number of hydrogen-bond acceptors (Lipinski definition) is 5. The second kappa shape index (κ2) is 7.48. The fraction of sp³-hybridized carbons (Fsp3) is 0.381. The van der Waals surface area contributed by atoms with Gasteiger partial charge in [0.2, 0.25) is 0 Å². The van der Waals surface area contributed by atoms with Crippen molar-refractivity contribution in [3.05, 3.63) is 53.6 Å². The van der Waals surface area contributed by atoms with Crippen LogP contribution in [0.25, 0.3) is 0 Å². The second-order valence-corrected chi connectivity index (χ2v) is 6.84. The molecule has 6 nitrogen and oxygen atoms in total. The fourth-order valence-corrected chi connectivity index (χ4v) is 3.74. The molecular formula is C21H24N2O4. The molecule has 0 spiro atoms. The molecule has 2 aliphatic rings. The van der Waals surface area contributed by atoms with Crippen molar-refractivity contribution in [2.24, 2.45) is 0 Å². The van der Waals surface area contributed by atoms with Gasteiger partial charge in [-0.1, -0.05) is 12.1 Å². The molecule has 0 aromatic heterocycles. The predicted molar refractivity (Wildman–Crippen MR) is 102 cm³/mol. The molecule has 6 heteroatoms. The number of phenols is 1. The summed E-state index contributed by atoms with van der Waals surface area (Å²) in [6.07, 6.45) is 1.47.